The van der Waals surface area contributed by atoms with Crippen LogP contribution in [0.3, 0.4) is 0 Å². The molecule has 0 spiro atoms. The average molecular weight is 406 g/mol. The molecule has 4 rings (SSSR count). The minimum absolute atomic E-state index is 0.363. The van der Waals surface area contributed by atoms with Crippen LogP contribution in [0.25, 0.3) is 22.5 Å². The van der Waals surface area contributed by atoms with Crippen molar-refractivity contribution in [1.82, 2.24) is 35.8 Å². The number of nitrogens with one attached hydrogen (secondary N) is 2. The van der Waals surface area contributed by atoms with Crippen molar-refractivity contribution in [3.8, 4) is 22.5 Å². The van der Waals surface area contributed by atoms with Crippen molar-refractivity contribution in [3.63, 3.8) is 0 Å². The highest BCUT2D eigenvalue weighted by atomic mass is 32.1. The van der Waals surface area contributed by atoms with Gasteiger partial charge in [-0.15, -0.1) is 10.2 Å². The van der Waals surface area contributed by atoms with Gasteiger partial charge in [-0.2, -0.15) is 22.9 Å². The topological polar surface area (TPSA) is 96.0 Å². The number of hydrogen-bond acceptors (Lipinski definition) is 6. The smallest absolute Gasteiger partial charge is 0.205 e. The number of nitrogens with zero attached hydrogens (tertiary/aromatic N) is 5. The number of aromatic amines is 2. The van der Waals surface area contributed by atoms with Crippen LogP contribution in [0, 0.1) is 0 Å². The van der Waals surface area contributed by atoms with E-state index in [2.05, 4.69) is 80.7 Å². The van der Waals surface area contributed by atoms with Crippen molar-refractivity contribution < 1.29 is 0 Å². The van der Waals surface area contributed by atoms with Gasteiger partial charge in [-0.1, -0.05) is 55.5 Å². The largest absolute Gasteiger partial charge is 0.263 e. The van der Waals surface area contributed by atoms with Crippen LogP contribution in [0.15, 0.2) is 48.5 Å². The van der Waals surface area contributed by atoms with E-state index in [1.807, 2.05) is 18.2 Å². The van der Waals surface area contributed by atoms with Crippen LogP contribution < -0.4 is 0 Å². The van der Waals surface area contributed by atoms with Crippen LogP contribution in [0.5, 0.6) is 0 Å². The molecule has 0 saturated carbocycles. The second-order valence-electron chi connectivity index (χ2n) is 6.91. The third-order valence-corrected chi connectivity index (χ3v) is 5.29. The first-order valence-electron chi connectivity index (χ1n) is 9.72. The highest BCUT2D eigenvalue weighted by Crippen LogP contribution is 2.30. The maximum Gasteiger partial charge on any atom is 0.205 e. The predicted octanol–water partition coefficient (Wildman–Crippen LogP) is 4.06. The van der Waals surface area contributed by atoms with E-state index in [-0.39, 0.29) is 0 Å². The van der Waals surface area contributed by atoms with Gasteiger partial charge in [0.05, 0.1) is 0 Å². The summed E-state index contributed by atoms with van der Waals surface area (Å²) < 4.78 is 0. The van der Waals surface area contributed by atoms with Crippen LogP contribution in [-0.4, -0.2) is 41.6 Å². The van der Waals surface area contributed by atoms with Crippen LogP contribution in [-0.2, 0) is 6.42 Å². The molecule has 0 radical (unpaired) electrons. The third kappa shape index (κ3) is 4.37. The van der Waals surface area contributed by atoms with Gasteiger partial charge < -0.3 is 0 Å². The number of H-pyrrole nitrogens is 2. The molecule has 0 amide bonds. The molecule has 2 heterocycles. The summed E-state index contributed by atoms with van der Waals surface area (Å²) >= 11 is 4.34. The molecule has 2 aromatic heterocycles. The molecule has 2 N–H and O–H groups in total. The second-order valence-corrected chi connectivity index (χ2v) is 7.36. The van der Waals surface area contributed by atoms with E-state index in [1.54, 1.807) is 0 Å². The molecule has 7 nitrogen and oxygen atoms in total. The van der Waals surface area contributed by atoms with E-state index < -0.39 is 0 Å². The zero-order valence-corrected chi connectivity index (χ0v) is 17.1. The Balaban J connectivity index is 1.52. The number of thiol groups is 1. The number of benzene rings is 2. The van der Waals surface area contributed by atoms with E-state index >= 15 is 0 Å². The SMILES string of the molecule is CCC(CCS)c1n[nH]c(Cc2ccc(-c3ccccc3-c3nn[nH]n3)cc2)n1. The molecule has 8 heteroatoms. The Kier molecular flexibility index (Phi) is 6.00. The fourth-order valence-corrected chi connectivity index (χ4v) is 3.76. The van der Waals surface area contributed by atoms with Gasteiger partial charge >= 0.3 is 0 Å². The highest BCUT2D eigenvalue weighted by molar-refractivity contribution is 7.80. The van der Waals surface area contributed by atoms with Gasteiger partial charge in [0.1, 0.15) is 5.82 Å². The lowest BCUT2D eigenvalue weighted by Gasteiger charge is -2.08. The minimum atomic E-state index is 0.363. The molecule has 29 heavy (non-hydrogen) atoms. The lowest BCUT2D eigenvalue weighted by atomic mass is 9.98. The van der Waals surface area contributed by atoms with E-state index in [0.29, 0.717) is 11.7 Å². The first-order valence-corrected chi connectivity index (χ1v) is 10.4. The molecule has 2 aromatic carbocycles. The van der Waals surface area contributed by atoms with Gasteiger partial charge in [0.25, 0.3) is 0 Å². The van der Waals surface area contributed by atoms with Gasteiger partial charge in [-0.25, -0.2) is 4.98 Å². The standard InChI is InChI=1S/C21H23N7S/c1-2-15(11-12-29)20-22-19(23-24-20)13-14-7-9-16(10-8-14)17-5-3-4-6-18(17)21-25-27-28-26-21/h3-10,15,29H,2,11-13H2,1H3,(H,22,23,24)(H,25,26,27,28). The quantitative estimate of drug-likeness (QED) is 0.384. The van der Waals surface area contributed by atoms with Gasteiger partial charge in [-0.3, -0.25) is 5.10 Å². The average Bonchev–Trinajstić information content (AvgIpc) is 3.45. The Morgan fingerprint density at radius 3 is 2.48 bits per heavy atom. The first-order chi connectivity index (χ1) is 14.3. The molecule has 148 valence electrons. The van der Waals surface area contributed by atoms with E-state index in [0.717, 1.165) is 53.4 Å². The van der Waals surface area contributed by atoms with Crippen molar-refractivity contribution in [1.29, 1.82) is 0 Å². The maximum absolute atomic E-state index is 4.70. The van der Waals surface area contributed by atoms with Crippen molar-refractivity contribution in [3.05, 3.63) is 65.7 Å². The second kappa shape index (κ2) is 9.00. The monoisotopic (exact) mass is 405 g/mol. The van der Waals surface area contributed by atoms with Crippen LogP contribution in [0.2, 0.25) is 0 Å². The highest BCUT2D eigenvalue weighted by Gasteiger charge is 2.15. The summed E-state index contributed by atoms with van der Waals surface area (Å²) in [6, 6.07) is 16.5. The summed E-state index contributed by atoms with van der Waals surface area (Å²) in [4.78, 5) is 4.70. The summed E-state index contributed by atoms with van der Waals surface area (Å²) in [5, 5.41) is 21.9. The number of aromatic nitrogens is 7. The maximum atomic E-state index is 4.70. The molecule has 0 fully saturated rings. The lowest BCUT2D eigenvalue weighted by Crippen LogP contribution is -2.01. The molecule has 0 aliphatic rings. The van der Waals surface area contributed by atoms with E-state index in [9.17, 15) is 0 Å². The third-order valence-electron chi connectivity index (χ3n) is 5.03. The lowest BCUT2D eigenvalue weighted by molar-refractivity contribution is 0.609. The Morgan fingerprint density at radius 2 is 1.79 bits per heavy atom. The Hall–Kier alpha value is -3.00. The predicted molar refractivity (Wildman–Crippen MR) is 116 cm³/mol. The molecule has 1 atom stereocenters. The summed E-state index contributed by atoms with van der Waals surface area (Å²) in [5.41, 5.74) is 4.30. The van der Waals surface area contributed by atoms with Crippen molar-refractivity contribution >= 4 is 12.6 Å². The Morgan fingerprint density at radius 1 is 1.00 bits per heavy atom. The molecule has 4 aromatic rings. The van der Waals surface area contributed by atoms with Gasteiger partial charge in [0.15, 0.2) is 5.82 Å². The number of hydrogen-bond donors (Lipinski definition) is 3. The summed E-state index contributed by atoms with van der Waals surface area (Å²) in [5.74, 6) is 3.57. The van der Waals surface area contributed by atoms with E-state index in [1.165, 1.54) is 5.56 Å². The molecule has 0 bridgehead atoms. The van der Waals surface area contributed by atoms with Crippen molar-refractivity contribution in [2.45, 2.75) is 32.1 Å². The summed E-state index contributed by atoms with van der Waals surface area (Å²) in [6.45, 7) is 2.16. The van der Waals surface area contributed by atoms with Gasteiger partial charge in [-0.05, 0) is 40.5 Å². The zero-order chi connectivity index (χ0) is 20.1. The number of tetrazole rings is 1. The van der Waals surface area contributed by atoms with Gasteiger partial charge in [0.2, 0.25) is 5.82 Å². The van der Waals surface area contributed by atoms with Crippen LogP contribution in [0.1, 0.15) is 42.9 Å². The molecule has 1 unspecified atom stereocenters. The zero-order valence-electron chi connectivity index (χ0n) is 16.2. The molecule has 0 aliphatic heterocycles. The van der Waals surface area contributed by atoms with Crippen LogP contribution in [0.4, 0.5) is 0 Å². The Bertz CT molecular complexity index is 1040. The molecular formula is C21H23N7S. The minimum Gasteiger partial charge on any atom is -0.263 e. The first kappa shape index (κ1) is 19.3. The number of rotatable bonds is 8. The fraction of sp³-hybridized carbons (Fsp3) is 0.286. The van der Waals surface area contributed by atoms with E-state index in [4.69, 9.17) is 4.98 Å². The molecule has 0 aliphatic carbocycles. The summed E-state index contributed by atoms with van der Waals surface area (Å²) in [6.07, 6.45) is 2.73. The normalized spacial score (nSPS) is 12.2. The molecule has 0 saturated heterocycles. The Labute approximate surface area is 174 Å². The molecular weight excluding hydrogens is 382 g/mol. The summed E-state index contributed by atoms with van der Waals surface area (Å²) in [7, 11) is 0. The van der Waals surface area contributed by atoms with Crippen molar-refractivity contribution in [2.24, 2.45) is 0 Å². The fourth-order valence-electron chi connectivity index (χ4n) is 3.44. The van der Waals surface area contributed by atoms with Crippen LogP contribution >= 0.6 is 12.6 Å². The van der Waals surface area contributed by atoms with Gasteiger partial charge in [0, 0.05) is 17.9 Å². The van der Waals surface area contributed by atoms with Crippen molar-refractivity contribution in [2.75, 3.05) is 5.75 Å².